The third-order valence-corrected chi connectivity index (χ3v) is 7.42. The van der Waals surface area contributed by atoms with Gasteiger partial charge in [-0.25, -0.2) is 4.98 Å². The molecule has 0 N–H and O–H groups in total. The van der Waals surface area contributed by atoms with E-state index in [0.717, 1.165) is 65.8 Å². The van der Waals surface area contributed by atoms with Gasteiger partial charge < -0.3 is 4.74 Å². The zero-order valence-corrected chi connectivity index (χ0v) is 21.2. The minimum atomic E-state index is 0. The zero-order valence-electron chi connectivity index (χ0n) is 18.8. The summed E-state index contributed by atoms with van der Waals surface area (Å²) in [4.78, 5) is 22.6. The number of thiazole rings is 1. The lowest BCUT2D eigenvalue weighted by Crippen LogP contribution is -2.39. The number of aromatic nitrogens is 1. The molecule has 2 heterocycles. The second-order valence-electron chi connectivity index (χ2n) is 8.25. The van der Waals surface area contributed by atoms with Crippen LogP contribution in [0.25, 0.3) is 21.0 Å². The van der Waals surface area contributed by atoms with Crippen molar-refractivity contribution >= 4 is 67.4 Å². The van der Waals surface area contributed by atoms with E-state index in [4.69, 9.17) is 21.3 Å². The molecule has 1 aliphatic heterocycles. The summed E-state index contributed by atoms with van der Waals surface area (Å²) in [5, 5.41) is 3.59. The maximum atomic E-state index is 13.6. The Balaban J connectivity index is 0.00000274. The first-order valence-corrected chi connectivity index (χ1v) is 12.5. The minimum absolute atomic E-state index is 0. The van der Waals surface area contributed by atoms with Gasteiger partial charge in [-0.2, -0.15) is 0 Å². The summed E-state index contributed by atoms with van der Waals surface area (Å²) >= 11 is 7.90. The number of halogens is 2. The summed E-state index contributed by atoms with van der Waals surface area (Å²) in [6, 6.07) is 20.1. The Labute approximate surface area is 214 Å². The molecular weight excluding hydrogens is 489 g/mol. The van der Waals surface area contributed by atoms with Crippen molar-refractivity contribution in [3.63, 3.8) is 0 Å². The Hall–Kier alpha value is -2.22. The number of nitrogens with zero attached hydrogens (tertiary/aromatic N) is 3. The number of para-hydroxylation sites is 1. The van der Waals surface area contributed by atoms with Gasteiger partial charge in [0.15, 0.2) is 5.13 Å². The van der Waals surface area contributed by atoms with Gasteiger partial charge >= 0.3 is 0 Å². The summed E-state index contributed by atoms with van der Waals surface area (Å²) < 4.78 is 6.45. The molecule has 34 heavy (non-hydrogen) atoms. The maximum absolute atomic E-state index is 13.6. The number of carbonyl (C=O) groups excluding carboxylic acids is 1. The van der Waals surface area contributed by atoms with E-state index in [1.54, 1.807) is 0 Å². The molecule has 0 aliphatic carbocycles. The molecule has 0 bridgehead atoms. The van der Waals surface area contributed by atoms with E-state index in [-0.39, 0.29) is 18.3 Å². The Morgan fingerprint density at radius 2 is 1.82 bits per heavy atom. The summed E-state index contributed by atoms with van der Waals surface area (Å²) in [6.45, 7) is 5.01. The highest BCUT2D eigenvalue weighted by molar-refractivity contribution is 7.22. The molecule has 0 radical (unpaired) electrons. The van der Waals surface area contributed by atoms with E-state index in [2.05, 4.69) is 23.1 Å². The number of hydrogen-bond donors (Lipinski definition) is 0. The Morgan fingerprint density at radius 1 is 1.06 bits per heavy atom. The standard InChI is InChI=1S/C26H26ClN3O2S.ClH/c27-22-10-4-11-23-25(22)28-26(33-23)30(13-5-12-29-14-16-32-17-15-29)24(31)18-20-8-3-7-19-6-1-2-9-21(19)20;/h1-4,6-11H,5,12-18H2;1H. The van der Waals surface area contributed by atoms with Crippen LogP contribution < -0.4 is 4.90 Å². The fourth-order valence-corrected chi connectivity index (χ4v) is 5.64. The van der Waals surface area contributed by atoms with Crippen LogP contribution in [0.3, 0.4) is 0 Å². The SMILES string of the molecule is Cl.O=C(Cc1cccc2ccccc12)N(CCCN1CCOCC1)c1nc2c(Cl)cccc2s1. The highest BCUT2D eigenvalue weighted by Gasteiger charge is 2.22. The quantitative estimate of drug-likeness (QED) is 0.311. The number of ether oxygens (including phenoxy) is 1. The largest absolute Gasteiger partial charge is 0.379 e. The topological polar surface area (TPSA) is 45.7 Å². The fraction of sp³-hybridized carbons (Fsp3) is 0.308. The van der Waals surface area contributed by atoms with Crippen molar-refractivity contribution in [3.8, 4) is 0 Å². The fourth-order valence-electron chi connectivity index (χ4n) is 4.33. The lowest BCUT2D eigenvalue weighted by molar-refractivity contribution is -0.118. The molecule has 0 spiro atoms. The van der Waals surface area contributed by atoms with Crippen LogP contribution in [-0.2, 0) is 16.0 Å². The minimum Gasteiger partial charge on any atom is -0.379 e. The van der Waals surface area contributed by atoms with Gasteiger partial charge in [-0.15, -0.1) is 12.4 Å². The number of carbonyl (C=O) groups is 1. The Bertz CT molecular complexity index is 1270. The number of amides is 1. The zero-order chi connectivity index (χ0) is 22.6. The second-order valence-corrected chi connectivity index (χ2v) is 9.67. The summed E-state index contributed by atoms with van der Waals surface area (Å²) in [6.07, 6.45) is 1.22. The molecule has 0 saturated carbocycles. The van der Waals surface area contributed by atoms with Gasteiger partial charge in [0, 0.05) is 26.2 Å². The van der Waals surface area contributed by atoms with Gasteiger partial charge in [0.1, 0.15) is 5.52 Å². The normalized spacial score (nSPS) is 14.3. The third-order valence-electron chi connectivity index (χ3n) is 6.07. The van der Waals surface area contributed by atoms with Crippen LogP contribution in [0.5, 0.6) is 0 Å². The molecule has 0 unspecified atom stereocenters. The van der Waals surface area contributed by atoms with Crippen LogP contribution in [0.15, 0.2) is 60.7 Å². The summed E-state index contributed by atoms with van der Waals surface area (Å²) in [5.41, 5.74) is 1.80. The molecule has 5 nitrogen and oxygen atoms in total. The summed E-state index contributed by atoms with van der Waals surface area (Å²) in [5.74, 6) is 0.0588. The number of hydrogen-bond acceptors (Lipinski definition) is 5. The first-order valence-electron chi connectivity index (χ1n) is 11.3. The molecular formula is C26H27Cl2N3O2S. The summed E-state index contributed by atoms with van der Waals surface area (Å²) in [7, 11) is 0. The Kier molecular flexibility index (Phi) is 8.40. The molecule has 1 fully saturated rings. The first-order chi connectivity index (χ1) is 16.2. The molecule has 0 atom stereocenters. The molecule has 1 saturated heterocycles. The lowest BCUT2D eigenvalue weighted by atomic mass is 10.0. The smallest absolute Gasteiger partial charge is 0.233 e. The van der Waals surface area contributed by atoms with Gasteiger partial charge in [-0.05, 0) is 34.9 Å². The number of morpholine rings is 1. The molecule has 4 aromatic rings. The van der Waals surface area contributed by atoms with E-state index in [1.165, 1.54) is 11.3 Å². The van der Waals surface area contributed by atoms with Gasteiger partial charge in [-0.1, -0.05) is 71.5 Å². The number of benzene rings is 3. The molecule has 8 heteroatoms. The van der Waals surface area contributed by atoms with Crippen LogP contribution in [0.4, 0.5) is 5.13 Å². The highest BCUT2D eigenvalue weighted by atomic mass is 35.5. The predicted molar refractivity (Wildman–Crippen MR) is 144 cm³/mol. The van der Waals surface area contributed by atoms with Crippen LogP contribution >= 0.6 is 35.3 Å². The van der Waals surface area contributed by atoms with Crippen molar-refractivity contribution in [3.05, 3.63) is 71.2 Å². The molecule has 1 amide bonds. The number of anilines is 1. The lowest BCUT2D eigenvalue weighted by Gasteiger charge is -2.27. The van der Waals surface area contributed by atoms with E-state index in [0.29, 0.717) is 23.1 Å². The highest BCUT2D eigenvalue weighted by Crippen LogP contribution is 2.33. The molecule has 1 aliphatic rings. The average Bonchev–Trinajstić information content (AvgIpc) is 3.28. The van der Waals surface area contributed by atoms with Crippen LogP contribution in [0.1, 0.15) is 12.0 Å². The van der Waals surface area contributed by atoms with Crippen LogP contribution in [-0.4, -0.2) is 55.2 Å². The van der Waals surface area contributed by atoms with Crippen molar-refractivity contribution in [2.24, 2.45) is 0 Å². The number of rotatable bonds is 7. The maximum Gasteiger partial charge on any atom is 0.233 e. The van der Waals surface area contributed by atoms with Gasteiger partial charge in [-0.3, -0.25) is 14.6 Å². The monoisotopic (exact) mass is 515 g/mol. The first kappa shape index (κ1) is 24.9. The predicted octanol–water partition coefficient (Wildman–Crippen LogP) is 5.82. The van der Waals surface area contributed by atoms with E-state index >= 15 is 0 Å². The van der Waals surface area contributed by atoms with Crippen molar-refractivity contribution in [2.45, 2.75) is 12.8 Å². The Morgan fingerprint density at radius 3 is 2.65 bits per heavy atom. The van der Waals surface area contributed by atoms with Crippen LogP contribution in [0.2, 0.25) is 5.02 Å². The molecule has 5 rings (SSSR count). The molecule has 1 aromatic heterocycles. The van der Waals surface area contributed by atoms with Crippen molar-refractivity contribution < 1.29 is 9.53 Å². The van der Waals surface area contributed by atoms with E-state index in [9.17, 15) is 4.79 Å². The average molecular weight is 516 g/mol. The molecule has 178 valence electrons. The van der Waals surface area contributed by atoms with Gasteiger partial charge in [0.05, 0.1) is 29.4 Å². The van der Waals surface area contributed by atoms with Crippen molar-refractivity contribution in [1.82, 2.24) is 9.88 Å². The van der Waals surface area contributed by atoms with Crippen molar-refractivity contribution in [2.75, 3.05) is 44.3 Å². The van der Waals surface area contributed by atoms with Gasteiger partial charge in [0.25, 0.3) is 0 Å². The van der Waals surface area contributed by atoms with Crippen LogP contribution in [0, 0.1) is 0 Å². The van der Waals surface area contributed by atoms with Crippen molar-refractivity contribution in [1.29, 1.82) is 0 Å². The van der Waals surface area contributed by atoms with Gasteiger partial charge in [0.2, 0.25) is 5.91 Å². The third kappa shape index (κ3) is 5.53. The van der Waals surface area contributed by atoms with E-state index < -0.39 is 0 Å². The number of fused-ring (bicyclic) bond motifs is 2. The van der Waals surface area contributed by atoms with E-state index in [1.807, 2.05) is 47.4 Å². The second kappa shape index (κ2) is 11.5. The molecule has 3 aromatic carbocycles.